The lowest BCUT2D eigenvalue weighted by molar-refractivity contribution is 0.317. The monoisotopic (exact) mass is 273 g/mol. The van der Waals surface area contributed by atoms with Crippen molar-refractivity contribution < 1.29 is 8.42 Å². The molecule has 2 rings (SSSR count). The minimum atomic E-state index is -3.06. The molecule has 17 heavy (non-hydrogen) atoms. The molecule has 1 saturated heterocycles. The van der Waals surface area contributed by atoms with Gasteiger partial charge in [0, 0.05) is 13.1 Å². The fraction of sp³-hybridized carbons (Fsp3) is 0.667. The molecule has 0 saturated carbocycles. The Hall–Kier alpha value is -0.390. The lowest BCUT2D eigenvalue weighted by Gasteiger charge is -2.32. The molecule has 0 bridgehead atoms. The average Bonchev–Trinajstić information content (AvgIpc) is 2.82. The van der Waals surface area contributed by atoms with Crippen LogP contribution in [-0.4, -0.2) is 31.1 Å². The van der Waals surface area contributed by atoms with E-state index in [-0.39, 0.29) is 5.25 Å². The van der Waals surface area contributed by atoms with E-state index in [0.29, 0.717) is 19.0 Å². The van der Waals surface area contributed by atoms with Crippen LogP contribution in [-0.2, 0) is 10.0 Å². The molecular formula is C12H19NO2S2. The fourth-order valence-electron chi connectivity index (χ4n) is 2.25. The summed E-state index contributed by atoms with van der Waals surface area (Å²) in [7, 11) is -3.06. The van der Waals surface area contributed by atoms with Crippen LogP contribution in [0.25, 0.3) is 0 Å². The molecule has 0 spiro atoms. The van der Waals surface area contributed by atoms with Crippen LogP contribution >= 0.6 is 11.3 Å². The molecule has 0 atom stereocenters. The minimum Gasteiger partial charge on any atom is -0.212 e. The highest BCUT2D eigenvalue weighted by Gasteiger charge is 2.30. The van der Waals surface area contributed by atoms with Gasteiger partial charge < -0.3 is 0 Å². The predicted octanol–water partition coefficient (Wildman–Crippen LogP) is 2.67. The highest BCUT2D eigenvalue weighted by Crippen LogP contribution is 2.30. The summed E-state index contributed by atoms with van der Waals surface area (Å²) in [6.45, 7) is 4.84. The predicted molar refractivity (Wildman–Crippen MR) is 71.9 cm³/mol. The van der Waals surface area contributed by atoms with Gasteiger partial charge in [0.05, 0.1) is 5.25 Å². The largest absolute Gasteiger partial charge is 0.216 e. The number of hydrogen-bond donors (Lipinski definition) is 0. The normalized spacial score (nSPS) is 19.9. The van der Waals surface area contributed by atoms with Crippen molar-refractivity contribution in [3.8, 4) is 0 Å². The topological polar surface area (TPSA) is 37.4 Å². The molecule has 0 amide bonds. The summed E-state index contributed by atoms with van der Waals surface area (Å²) in [6, 6.07) is 2.15. The summed E-state index contributed by atoms with van der Waals surface area (Å²) in [5, 5.41) is 3.96. The Bertz CT molecular complexity index is 443. The first kappa shape index (κ1) is 13.1. The van der Waals surface area contributed by atoms with E-state index in [9.17, 15) is 8.42 Å². The standard InChI is InChI=1S/C12H19NO2S2/c1-10(2)17(14,15)13-6-3-11(4-7-13)12-5-8-16-9-12/h5,8-11H,3-4,6-7H2,1-2H3. The van der Waals surface area contributed by atoms with Crippen LogP contribution in [0, 0.1) is 0 Å². The van der Waals surface area contributed by atoms with E-state index in [2.05, 4.69) is 16.8 Å². The Morgan fingerprint density at radius 1 is 1.35 bits per heavy atom. The van der Waals surface area contributed by atoms with Gasteiger partial charge in [0.15, 0.2) is 0 Å². The van der Waals surface area contributed by atoms with E-state index >= 15 is 0 Å². The van der Waals surface area contributed by atoms with Gasteiger partial charge >= 0.3 is 0 Å². The number of nitrogens with zero attached hydrogens (tertiary/aromatic N) is 1. The van der Waals surface area contributed by atoms with Crippen LogP contribution in [0.1, 0.15) is 38.2 Å². The number of hydrogen-bond acceptors (Lipinski definition) is 3. The van der Waals surface area contributed by atoms with E-state index in [0.717, 1.165) is 12.8 Å². The van der Waals surface area contributed by atoms with Gasteiger partial charge in [-0.05, 0) is 55.0 Å². The molecule has 3 nitrogen and oxygen atoms in total. The Balaban J connectivity index is 1.99. The molecule has 2 heterocycles. The quantitative estimate of drug-likeness (QED) is 0.849. The summed E-state index contributed by atoms with van der Waals surface area (Å²) in [5.41, 5.74) is 1.37. The maximum absolute atomic E-state index is 12.0. The van der Waals surface area contributed by atoms with Crippen LogP contribution in [0.3, 0.4) is 0 Å². The summed E-state index contributed by atoms with van der Waals surface area (Å²) in [6.07, 6.45) is 1.89. The molecule has 1 fully saturated rings. The number of thiophene rings is 1. The SMILES string of the molecule is CC(C)S(=O)(=O)N1CCC(c2ccsc2)CC1. The Morgan fingerprint density at radius 3 is 2.47 bits per heavy atom. The first-order chi connectivity index (χ1) is 8.01. The molecule has 1 aliphatic heterocycles. The molecule has 0 aliphatic carbocycles. The third kappa shape index (κ3) is 2.72. The Labute approximate surface area is 108 Å². The van der Waals surface area contributed by atoms with Gasteiger partial charge in [0.1, 0.15) is 0 Å². The molecule has 0 unspecified atom stereocenters. The summed E-state index contributed by atoms with van der Waals surface area (Å²) in [4.78, 5) is 0. The molecule has 1 aromatic heterocycles. The van der Waals surface area contributed by atoms with E-state index in [4.69, 9.17) is 0 Å². The maximum atomic E-state index is 12.0. The van der Waals surface area contributed by atoms with Crippen molar-refractivity contribution in [1.29, 1.82) is 0 Å². The van der Waals surface area contributed by atoms with Crippen LogP contribution < -0.4 is 0 Å². The number of sulfonamides is 1. The van der Waals surface area contributed by atoms with Crippen molar-refractivity contribution in [3.05, 3.63) is 22.4 Å². The molecule has 0 N–H and O–H groups in total. The maximum Gasteiger partial charge on any atom is 0.216 e. The van der Waals surface area contributed by atoms with E-state index < -0.39 is 10.0 Å². The van der Waals surface area contributed by atoms with Gasteiger partial charge in [-0.1, -0.05) is 0 Å². The highest BCUT2D eigenvalue weighted by atomic mass is 32.2. The van der Waals surface area contributed by atoms with Crippen molar-refractivity contribution in [2.45, 2.75) is 37.9 Å². The second-order valence-corrected chi connectivity index (χ2v) is 8.09. The molecular weight excluding hydrogens is 254 g/mol. The first-order valence-corrected chi connectivity index (χ1v) is 8.47. The zero-order valence-electron chi connectivity index (χ0n) is 10.3. The van der Waals surface area contributed by atoms with Gasteiger partial charge in [-0.3, -0.25) is 0 Å². The second-order valence-electron chi connectivity index (χ2n) is 4.82. The molecule has 0 radical (unpaired) electrons. The van der Waals surface area contributed by atoms with Crippen molar-refractivity contribution >= 4 is 21.4 Å². The van der Waals surface area contributed by atoms with Gasteiger partial charge in [-0.15, -0.1) is 0 Å². The number of piperidine rings is 1. The molecule has 0 aromatic carbocycles. The van der Waals surface area contributed by atoms with Gasteiger partial charge in [0.2, 0.25) is 10.0 Å². The average molecular weight is 273 g/mol. The van der Waals surface area contributed by atoms with Crippen LogP contribution in [0.5, 0.6) is 0 Å². The van der Waals surface area contributed by atoms with E-state index in [1.807, 2.05) is 0 Å². The lowest BCUT2D eigenvalue weighted by atomic mass is 9.92. The van der Waals surface area contributed by atoms with E-state index in [1.165, 1.54) is 5.56 Å². The fourth-order valence-corrected chi connectivity index (χ4v) is 4.31. The zero-order valence-corrected chi connectivity index (χ0v) is 11.9. The van der Waals surface area contributed by atoms with Crippen molar-refractivity contribution in [2.75, 3.05) is 13.1 Å². The van der Waals surface area contributed by atoms with Crippen LogP contribution in [0.15, 0.2) is 16.8 Å². The van der Waals surface area contributed by atoms with Crippen molar-refractivity contribution in [1.82, 2.24) is 4.31 Å². The van der Waals surface area contributed by atoms with Crippen LogP contribution in [0.2, 0.25) is 0 Å². The molecule has 1 aromatic rings. The highest BCUT2D eigenvalue weighted by molar-refractivity contribution is 7.89. The zero-order chi connectivity index (χ0) is 12.5. The Morgan fingerprint density at radius 2 is 2.00 bits per heavy atom. The van der Waals surface area contributed by atoms with Gasteiger partial charge in [-0.25, -0.2) is 12.7 Å². The molecule has 96 valence electrons. The lowest BCUT2D eigenvalue weighted by Crippen LogP contribution is -2.41. The number of rotatable bonds is 3. The molecule has 5 heteroatoms. The Kier molecular flexibility index (Phi) is 3.90. The van der Waals surface area contributed by atoms with Gasteiger partial charge in [0.25, 0.3) is 0 Å². The summed E-state index contributed by atoms with van der Waals surface area (Å²) in [5.74, 6) is 0.542. The third-order valence-corrected chi connectivity index (χ3v) is 6.40. The van der Waals surface area contributed by atoms with Crippen LogP contribution in [0.4, 0.5) is 0 Å². The first-order valence-electron chi connectivity index (χ1n) is 6.03. The second kappa shape index (κ2) is 5.08. The summed E-state index contributed by atoms with van der Waals surface area (Å²) < 4.78 is 25.7. The van der Waals surface area contributed by atoms with Crippen molar-refractivity contribution in [3.63, 3.8) is 0 Å². The van der Waals surface area contributed by atoms with Crippen molar-refractivity contribution in [2.24, 2.45) is 0 Å². The third-order valence-electron chi connectivity index (χ3n) is 3.42. The smallest absolute Gasteiger partial charge is 0.212 e. The molecule has 1 aliphatic rings. The van der Waals surface area contributed by atoms with E-state index in [1.54, 1.807) is 29.5 Å². The minimum absolute atomic E-state index is 0.305. The van der Waals surface area contributed by atoms with Gasteiger partial charge in [-0.2, -0.15) is 11.3 Å². The summed E-state index contributed by atoms with van der Waals surface area (Å²) >= 11 is 1.71.